The van der Waals surface area contributed by atoms with Crippen molar-refractivity contribution in [3.63, 3.8) is 0 Å². The number of nitrogens with zero attached hydrogens (tertiary/aromatic N) is 1. The van der Waals surface area contributed by atoms with E-state index in [1.807, 2.05) is 6.92 Å². The zero-order chi connectivity index (χ0) is 22.9. The van der Waals surface area contributed by atoms with Gasteiger partial charge in [-0.25, -0.2) is 9.78 Å². The molecule has 0 bridgehead atoms. The molecule has 166 valence electrons. The largest absolute Gasteiger partial charge is 0.462 e. The van der Waals surface area contributed by atoms with Gasteiger partial charge in [-0.3, -0.25) is 14.9 Å². The summed E-state index contributed by atoms with van der Waals surface area (Å²) >= 11 is 7.07. The lowest BCUT2D eigenvalue weighted by atomic mass is 10.2. The van der Waals surface area contributed by atoms with Crippen LogP contribution in [0.4, 0.5) is 10.8 Å². The predicted molar refractivity (Wildman–Crippen MR) is 125 cm³/mol. The summed E-state index contributed by atoms with van der Waals surface area (Å²) < 4.78 is 5.16. The van der Waals surface area contributed by atoms with Gasteiger partial charge in [-0.1, -0.05) is 24.9 Å². The lowest BCUT2D eigenvalue weighted by Gasteiger charge is -2.06. The van der Waals surface area contributed by atoms with E-state index in [4.69, 9.17) is 16.3 Å². The highest BCUT2D eigenvalue weighted by Crippen LogP contribution is 2.18. The third-order valence-corrected chi connectivity index (χ3v) is 5.41. The summed E-state index contributed by atoms with van der Waals surface area (Å²) in [5, 5.41) is 8.13. The Labute approximate surface area is 194 Å². The molecule has 1 aromatic heterocycles. The number of halogens is 1. The summed E-state index contributed by atoms with van der Waals surface area (Å²) in [5.41, 5.74) is 1.99. The zero-order valence-electron chi connectivity index (χ0n) is 17.4. The third kappa shape index (κ3) is 6.90. The van der Waals surface area contributed by atoms with Crippen molar-refractivity contribution in [2.75, 3.05) is 17.2 Å². The number of nitrogens with one attached hydrogen (secondary N) is 2. The standard InChI is InChI=1S/C23H22ClN3O4S/c1-2-3-12-31-22(30)16-6-10-18(11-7-16)25-20(28)13-19-14-32-23(26-19)27-21(29)15-4-8-17(24)9-5-15/h4-11,14H,2-3,12-13H2,1H3,(H,25,28)(H,26,27,29). The van der Waals surface area contributed by atoms with E-state index in [0.29, 0.717) is 39.3 Å². The van der Waals surface area contributed by atoms with Gasteiger partial charge in [0, 0.05) is 21.7 Å². The number of unbranched alkanes of at least 4 members (excludes halogenated alkanes) is 1. The van der Waals surface area contributed by atoms with E-state index in [0.717, 1.165) is 12.8 Å². The second kappa shape index (κ2) is 11.4. The van der Waals surface area contributed by atoms with Crippen LogP contribution in [0.15, 0.2) is 53.9 Å². The summed E-state index contributed by atoms with van der Waals surface area (Å²) in [6.45, 7) is 2.42. The highest BCUT2D eigenvalue weighted by molar-refractivity contribution is 7.14. The maximum absolute atomic E-state index is 12.3. The second-order valence-electron chi connectivity index (χ2n) is 6.90. The van der Waals surface area contributed by atoms with Crippen molar-refractivity contribution >= 4 is 51.5 Å². The van der Waals surface area contributed by atoms with E-state index in [1.165, 1.54) is 11.3 Å². The zero-order valence-corrected chi connectivity index (χ0v) is 19.0. The van der Waals surface area contributed by atoms with Gasteiger partial charge in [0.1, 0.15) is 0 Å². The average Bonchev–Trinajstić information content (AvgIpc) is 3.21. The van der Waals surface area contributed by atoms with E-state index >= 15 is 0 Å². The molecular formula is C23H22ClN3O4S. The molecule has 0 radical (unpaired) electrons. The molecule has 0 aliphatic rings. The predicted octanol–water partition coefficient (Wildman–Crippen LogP) is 5.19. The Balaban J connectivity index is 1.50. The molecule has 1 heterocycles. The number of rotatable bonds is 9. The fourth-order valence-electron chi connectivity index (χ4n) is 2.67. The average molecular weight is 472 g/mol. The van der Waals surface area contributed by atoms with Crippen molar-refractivity contribution in [1.82, 2.24) is 4.98 Å². The van der Waals surface area contributed by atoms with Crippen LogP contribution < -0.4 is 10.6 Å². The topological polar surface area (TPSA) is 97.4 Å². The quantitative estimate of drug-likeness (QED) is 0.330. The van der Waals surface area contributed by atoms with Gasteiger partial charge in [0.05, 0.1) is 24.3 Å². The van der Waals surface area contributed by atoms with Crippen LogP contribution in [-0.4, -0.2) is 29.4 Å². The van der Waals surface area contributed by atoms with Crippen LogP contribution >= 0.6 is 22.9 Å². The van der Waals surface area contributed by atoms with E-state index in [9.17, 15) is 14.4 Å². The minimum absolute atomic E-state index is 0.0497. The molecule has 9 heteroatoms. The van der Waals surface area contributed by atoms with Crippen LogP contribution in [0.2, 0.25) is 5.02 Å². The number of hydrogen-bond acceptors (Lipinski definition) is 6. The van der Waals surface area contributed by atoms with Gasteiger partial charge in [-0.15, -0.1) is 11.3 Å². The smallest absolute Gasteiger partial charge is 0.338 e. The van der Waals surface area contributed by atoms with Gasteiger partial charge in [-0.2, -0.15) is 0 Å². The Hall–Kier alpha value is -3.23. The van der Waals surface area contributed by atoms with Gasteiger partial charge in [0.15, 0.2) is 5.13 Å². The van der Waals surface area contributed by atoms with Crippen molar-refractivity contribution in [2.45, 2.75) is 26.2 Å². The van der Waals surface area contributed by atoms with Gasteiger partial charge in [0.2, 0.25) is 5.91 Å². The molecule has 3 rings (SSSR count). The number of carbonyl (C=O) groups is 3. The van der Waals surface area contributed by atoms with Crippen molar-refractivity contribution in [1.29, 1.82) is 0 Å². The molecule has 0 saturated heterocycles. The van der Waals surface area contributed by atoms with E-state index in [1.54, 1.807) is 53.9 Å². The van der Waals surface area contributed by atoms with Gasteiger partial charge < -0.3 is 10.1 Å². The minimum Gasteiger partial charge on any atom is -0.462 e. The second-order valence-corrected chi connectivity index (χ2v) is 8.19. The number of benzene rings is 2. The highest BCUT2D eigenvalue weighted by Gasteiger charge is 2.12. The lowest BCUT2D eigenvalue weighted by Crippen LogP contribution is -2.15. The van der Waals surface area contributed by atoms with Gasteiger partial charge in [-0.05, 0) is 55.0 Å². The molecule has 0 saturated carbocycles. The van der Waals surface area contributed by atoms with Gasteiger partial charge >= 0.3 is 5.97 Å². The van der Waals surface area contributed by atoms with Crippen molar-refractivity contribution in [3.8, 4) is 0 Å². The summed E-state index contributed by atoms with van der Waals surface area (Å²) in [4.78, 5) is 40.8. The summed E-state index contributed by atoms with van der Waals surface area (Å²) in [6, 6.07) is 13.0. The summed E-state index contributed by atoms with van der Waals surface area (Å²) in [5.74, 6) is -0.948. The fraction of sp³-hybridized carbons (Fsp3) is 0.217. The number of amides is 2. The lowest BCUT2D eigenvalue weighted by molar-refractivity contribution is -0.115. The monoisotopic (exact) mass is 471 g/mol. The Morgan fingerprint density at radius 2 is 1.69 bits per heavy atom. The number of aromatic nitrogens is 1. The SMILES string of the molecule is CCCCOC(=O)c1ccc(NC(=O)Cc2csc(NC(=O)c3ccc(Cl)cc3)n2)cc1. The van der Waals surface area contributed by atoms with Crippen LogP contribution in [0.25, 0.3) is 0 Å². The normalized spacial score (nSPS) is 10.4. The van der Waals surface area contributed by atoms with Crippen LogP contribution in [0, 0.1) is 0 Å². The van der Waals surface area contributed by atoms with Gasteiger partial charge in [0.25, 0.3) is 5.91 Å². The first-order valence-electron chi connectivity index (χ1n) is 10.0. The molecule has 2 amide bonds. The van der Waals surface area contributed by atoms with E-state index < -0.39 is 0 Å². The number of carbonyl (C=O) groups excluding carboxylic acids is 3. The van der Waals surface area contributed by atoms with Crippen molar-refractivity contribution in [2.24, 2.45) is 0 Å². The number of anilines is 2. The fourth-order valence-corrected chi connectivity index (χ4v) is 3.50. The Morgan fingerprint density at radius 1 is 1.00 bits per heavy atom. The number of ether oxygens (including phenoxy) is 1. The highest BCUT2D eigenvalue weighted by atomic mass is 35.5. The first kappa shape index (κ1) is 23.4. The Morgan fingerprint density at radius 3 is 2.38 bits per heavy atom. The molecule has 0 unspecified atom stereocenters. The van der Waals surface area contributed by atoms with E-state index in [2.05, 4.69) is 15.6 Å². The molecule has 2 aromatic carbocycles. The maximum atomic E-state index is 12.3. The molecule has 0 aliphatic carbocycles. The maximum Gasteiger partial charge on any atom is 0.338 e. The first-order valence-corrected chi connectivity index (χ1v) is 11.3. The number of thiazole rings is 1. The van der Waals surface area contributed by atoms with Crippen LogP contribution in [0.3, 0.4) is 0 Å². The molecule has 0 atom stereocenters. The first-order chi connectivity index (χ1) is 15.4. The summed E-state index contributed by atoms with van der Waals surface area (Å²) in [7, 11) is 0. The van der Waals surface area contributed by atoms with E-state index in [-0.39, 0.29) is 24.2 Å². The molecule has 2 N–H and O–H groups in total. The van der Waals surface area contributed by atoms with Crippen LogP contribution in [0.1, 0.15) is 46.2 Å². The molecule has 32 heavy (non-hydrogen) atoms. The third-order valence-electron chi connectivity index (χ3n) is 4.36. The minimum atomic E-state index is -0.382. The molecule has 0 fully saturated rings. The number of esters is 1. The van der Waals surface area contributed by atoms with Crippen molar-refractivity contribution < 1.29 is 19.1 Å². The molecule has 0 aliphatic heterocycles. The Bertz CT molecular complexity index is 1080. The molecular weight excluding hydrogens is 450 g/mol. The number of hydrogen-bond donors (Lipinski definition) is 2. The molecule has 3 aromatic rings. The Kier molecular flexibility index (Phi) is 8.35. The van der Waals surface area contributed by atoms with Crippen molar-refractivity contribution in [3.05, 3.63) is 75.8 Å². The van der Waals surface area contributed by atoms with Crippen LogP contribution in [0.5, 0.6) is 0 Å². The molecule has 0 spiro atoms. The van der Waals surface area contributed by atoms with Crippen LogP contribution in [-0.2, 0) is 16.0 Å². The summed E-state index contributed by atoms with van der Waals surface area (Å²) in [6.07, 6.45) is 1.82. The molecule has 7 nitrogen and oxygen atoms in total.